The Bertz CT molecular complexity index is 964. The van der Waals surface area contributed by atoms with Crippen molar-refractivity contribution in [2.24, 2.45) is 44.8 Å². The molecule has 6 aliphatic rings. The van der Waals surface area contributed by atoms with Crippen LogP contribution in [0.2, 0.25) is 0 Å². The maximum Gasteiger partial charge on any atom is 0.128 e. The Kier molecular flexibility index (Phi) is 4.85. The van der Waals surface area contributed by atoms with Gasteiger partial charge in [0.2, 0.25) is 0 Å². The maximum atomic E-state index is 12.1. The first-order valence-corrected chi connectivity index (χ1v) is 14.3. The second kappa shape index (κ2) is 6.87. The quantitative estimate of drug-likeness (QED) is 0.457. The number of allylic oxidation sites excluding steroid dienone is 1. The van der Waals surface area contributed by atoms with E-state index in [1.807, 2.05) is 0 Å². The summed E-state index contributed by atoms with van der Waals surface area (Å²) in [5.41, 5.74) is 0.143. The van der Waals surface area contributed by atoms with Gasteiger partial charge in [0.25, 0.3) is 0 Å². The SMILES string of the molecule is C[C@@H]1C[C@H]([C@@H](O)C(C)(C)O)OC2=C1[C@@]1(C)CCC34C[C@@]35CC[C@H](O)C(C)(C)[C@@H]5CC[C@H]4[C@]1(C)[C@H]2O. The second-order valence-electron chi connectivity index (χ2n) is 15.2. The number of ether oxygens (including phenoxy) is 1. The summed E-state index contributed by atoms with van der Waals surface area (Å²) >= 11 is 0. The van der Waals surface area contributed by atoms with Crippen molar-refractivity contribution in [2.45, 2.75) is 130 Å². The van der Waals surface area contributed by atoms with Crippen LogP contribution in [0.4, 0.5) is 0 Å². The van der Waals surface area contributed by atoms with E-state index < -0.39 is 23.9 Å². The molecule has 5 nitrogen and oxygen atoms in total. The highest BCUT2D eigenvalue weighted by atomic mass is 16.5. The molecule has 4 saturated carbocycles. The summed E-state index contributed by atoms with van der Waals surface area (Å²) in [7, 11) is 0. The van der Waals surface area contributed by atoms with E-state index in [1.165, 1.54) is 18.4 Å². The molecule has 4 fully saturated rings. The summed E-state index contributed by atoms with van der Waals surface area (Å²) in [5, 5.41) is 44.3. The first-order chi connectivity index (χ1) is 16.1. The molecule has 4 N–H and O–H groups in total. The van der Waals surface area contributed by atoms with Crippen molar-refractivity contribution >= 4 is 0 Å². The zero-order valence-electron chi connectivity index (χ0n) is 22.9. The molecule has 198 valence electrons. The Labute approximate surface area is 211 Å². The minimum atomic E-state index is -1.26. The molecule has 5 heteroatoms. The Balaban J connectivity index is 1.38. The first-order valence-electron chi connectivity index (χ1n) is 14.3. The average molecular weight is 489 g/mol. The van der Waals surface area contributed by atoms with E-state index in [2.05, 4.69) is 34.6 Å². The molecule has 1 unspecified atom stereocenters. The lowest BCUT2D eigenvalue weighted by atomic mass is 9.41. The zero-order chi connectivity index (χ0) is 25.6. The Morgan fingerprint density at radius 3 is 2.23 bits per heavy atom. The van der Waals surface area contributed by atoms with Gasteiger partial charge < -0.3 is 25.2 Å². The van der Waals surface area contributed by atoms with E-state index in [-0.39, 0.29) is 33.7 Å². The fourth-order valence-electron chi connectivity index (χ4n) is 11.3. The van der Waals surface area contributed by atoms with Gasteiger partial charge in [-0.25, -0.2) is 0 Å². The third-order valence-corrected chi connectivity index (χ3v) is 13.3. The smallest absolute Gasteiger partial charge is 0.128 e. The summed E-state index contributed by atoms with van der Waals surface area (Å²) in [6.07, 6.45) is 6.06. The van der Waals surface area contributed by atoms with E-state index in [9.17, 15) is 20.4 Å². The van der Waals surface area contributed by atoms with Crippen LogP contribution in [0.25, 0.3) is 0 Å². The molecule has 0 bridgehead atoms. The molecule has 0 radical (unpaired) electrons. The molecule has 6 rings (SSSR count). The summed E-state index contributed by atoms with van der Waals surface area (Å²) < 4.78 is 6.47. The zero-order valence-corrected chi connectivity index (χ0v) is 22.9. The molecule has 35 heavy (non-hydrogen) atoms. The van der Waals surface area contributed by atoms with Crippen molar-refractivity contribution in [3.8, 4) is 0 Å². The highest BCUT2D eigenvalue weighted by Crippen LogP contribution is 2.89. The normalized spacial score (nSPS) is 55.1. The van der Waals surface area contributed by atoms with Crippen LogP contribution in [0.5, 0.6) is 0 Å². The van der Waals surface area contributed by atoms with Crippen molar-refractivity contribution in [1.82, 2.24) is 0 Å². The van der Waals surface area contributed by atoms with Gasteiger partial charge in [-0.2, -0.15) is 0 Å². The second-order valence-corrected chi connectivity index (χ2v) is 15.2. The molecule has 0 aromatic rings. The van der Waals surface area contributed by atoms with Gasteiger partial charge in [-0.1, -0.05) is 34.6 Å². The predicted octanol–water partition coefficient (Wildman–Crippen LogP) is 4.56. The molecule has 11 atom stereocenters. The van der Waals surface area contributed by atoms with Crippen LogP contribution in [0.3, 0.4) is 0 Å². The van der Waals surface area contributed by atoms with Gasteiger partial charge in [-0.15, -0.1) is 0 Å². The number of aliphatic hydroxyl groups is 4. The van der Waals surface area contributed by atoms with Crippen molar-refractivity contribution in [3.05, 3.63) is 11.3 Å². The lowest BCUT2D eigenvalue weighted by Gasteiger charge is -2.63. The summed E-state index contributed by atoms with van der Waals surface area (Å²) in [6, 6.07) is 0. The van der Waals surface area contributed by atoms with Crippen molar-refractivity contribution < 1.29 is 25.2 Å². The largest absolute Gasteiger partial charge is 0.489 e. The highest BCUT2D eigenvalue weighted by Gasteiger charge is 2.83. The summed E-state index contributed by atoms with van der Waals surface area (Å²) in [6.45, 7) is 14.8. The maximum absolute atomic E-state index is 12.1. The number of hydrogen-bond acceptors (Lipinski definition) is 5. The number of hydrogen-bond donors (Lipinski definition) is 4. The number of fused-ring (bicyclic) bond motifs is 3. The van der Waals surface area contributed by atoms with Crippen molar-refractivity contribution in [2.75, 3.05) is 0 Å². The number of aliphatic hydroxyl groups excluding tert-OH is 3. The van der Waals surface area contributed by atoms with Crippen molar-refractivity contribution in [1.29, 1.82) is 0 Å². The minimum Gasteiger partial charge on any atom is -0.489 e. The van der Waals surface area contributed by atoms with E-state index in [0.29, 0.717) is 29.4 Å². The van der Waals surface area contributed by atoms with E-state index in [0.717, 1.165) is 32.1 Å². The van der Waals surface area contributed by atoms with E-state index in [1.54, 1.807) is 13.8 Å². The van der Waals surface area contributed by atoms with Gasteiger partial charge in [0, 0.05) is 10.8 Å². The van der Waals surface area contributed by atoms with Gasteiger partial charge >= 0.3 is 0 Å². The van der Waals surface area contributed by atoms with Gasteiger partial charge in [0.05, 0.1) is 11.7 Å². The molecule has 0 aromatic carbocycles. The predicted molar refractivity (Wildman–Crippen MR) is 134 cm³/mol. The lowest BCUT2D eigenvalue weighted by molar-refractivity contribution is -0.176. The monoisotopic (exact) mass is 488 g/mol. The summed E-state index contributed by atoms with van der Waals surface area (Å²) in [5.74, 6) is 1.90. The van der Waals surface area contributed by atoms with Gasteiger partial charge in [-0.3, -0.25) is 0 Å². The molecule has 1 aliphatic heterocycles. The standard InChI is InChI=1S/C30H48O5/c1-16-14-17(23(32)26(4,5)34)35-22-21(16)27(6)12-13-30-15-29(30)11-10-20(31)25(2,3)18(29)8-9-19(30)28(27,7)24(22)33/h16-20,23-24,31-34H,8-15H2,1-7H3/t16-,17-,18+,19+,20+,23-,24+,27-,28-,29-,30?/m1/s1. The molecule has 0 saturated heterocycles. The minimum absolute atomic E-state index is 0.0434. The fourth-order valence-corrected chi connectivity index (χ4v) is 11.3. The molecular formula is C30H48O5. The first kappa shape index (κ1) is 24.7. The summed E-state index contributed by atoms with van der Waals surface area (Å²) in [4.78, 5) is 0. The van der Waals surface area contributed by atoms with Crippen LogP contribution in [-0.2, 0) is 4.74 Å². The van der Waals surface area contributed by atoms with Crippen molar-refractivity contribution in [3.63, 3.8) is 0 Å². The Hall–Kier alpha value is -0.620. The third-order valence-electron chi connectivity index (χ3n) is 13.3. The topological polar surface area (TPSA) is 90.2 Å². The van der Waals surface area contributed by atoms with Crippen LogP contribution >= 0.6 is 0 Å². The number of rotatable bonds is 2. The average Bonchev–Trinajstić information content (AvgIpc) is 3.40. The molecule has 1 heterocycles. The molecule has 2 spiro atoms. The fraction of sp³-hybridized carbons (Fsp3) is 0.933. The van der Waals surface area contributed by atoms with Crippen LogP contribution in [0.1, 0.15) is 99.8 Å². The van der Waals surface area contributed by atoms with Crippen LogP contribution in [-0.4, -0.2) is 50.4 Å². The van der Waals surface area contributed by atoms with Crippen LogP contribution in [0.15, 0.2) is 11.3 Å². The molecule has 0 aromatic heterocycles. The Morgan fingerprint density at radius 2 is 1.57 bits per heavy atom. The third kappa shape index (κ3) is 2.65. The molecule has 5 aliphatic carbocycles. The van der Waals surface area contributed by atoms with Gasteiger partial charge in [0.15, 0.2) is 0 Å². The molecular weight excluding hydrogens is 440 g/mol. The van der Waals surface area contributed by atoms with Crippen LogP contribution in [0, 0.1) is 44.8 Å². The van der Waals surface area contributed by atoms with E-state index in [4.69, 9.17) is 4.74 Å². The lowest BCUT2D eigenvalue weighted by Crippen LogP contribution is -2.59. The highest BCUT2D eigenvalue weighted by molar-refractivity contribution is 5.42. The molecule has 0 amide bonds. The van der Waals surface area contributed by atoms with Gasteiger partial charge in [-0.05, 0) is 105 Å². The van der Waals surface area contributed by atoms with Gasteiger partial charge in [0.1, 0.15) is 24.1 Å². The van der Waals surface area contributed by atoms with Crippen LogP contribution < -0.4 is 0 Å². The Morgan fingerprint density at radius 1 is 0.943 bits per heavy atom. The van der Waals surface area contributed by atoms with E-state index >= 15 is 0 Å².